The second-order valence-electron chi connectivity index (χ2n) is 6.07. The SMILES string of the molecule is O=S1(=O)CC[C@H](Cc2nnc(SCc3nnnn3-c3ccccc3)o2)C1. The molecule has 3 heterocycles. The summed E-state index contributed by atoms with van der Waals surface area (Å²) in [6, 6.07) is 9.61. The Bertz CT molecular complexity index is 986. The van der Waals surface area contributed by atoms with E-state index in [1.54, 1.807) is 4.68 Å². The van der Waals surface area contributed by atoms with Crippen LogP contribution in [0.5, 0.6) is 0 Å². The van der Waals surface area contributed by atoms with Crippen LogP contribution in [-0.2, 0) is 22.0 Å². The predicted octanol–water partition coefficient (Wildman–Crippen LogP) is 1.31. The first kappa shape index (κ1) is 17.2. The fourth-order valence-electron chi connectivity index (χ4n) is 2.85. The van der Waals surface area contributed by atoms with Gasteiger partial charge in [-0.1, -0.05) is 30.0 Å². The van der Waals surface area contributed by atoms with Crippen LogP contribution in [0.3, 0.4) is 0 Å². The van der Waals surface area contributed by atoms with Crippen molar-refractivity contribution in [2.24, 2.45) is 5.92 Å². The molecular weight excluding hydrogens is 376 g/mol. The van der Waals surface area contributed by atoms with Gasteiger partial charge in [-0.25, -0.2) is 8.42 Å². The molecule has 2 aromatic heterocycles. The van der Waals surface area contributed by atoms with E-state index in [2.05, 4.69) is 25.7 Å². The van der Waals surface area contributed by atoms with Gasteiger partial charge in [0.05, 0.1) is 22.9 Å². The molecule has 9 nitrogen and oxygen atoms in total. The zero-order chi connectivity index (χ0) is 18.0. The second kappa shape index (κ2) is 7.16. The summed E-state index contributed by atoms with van der Waals surface area (Å²) in [6.45, 7) is 0. The minimum atomic E-state index is -2.90. The summed E-state index contributed by atoms with van der Waals surface area (Å²) in [5.74, 6) is 2.12. The normalized spacial score (nSPS) is 19.0. The maximum Gasteiger partial charge on any atom is 0.277 e. The summed E-state index contributed by atoms with van der Waals surface area (Å²) in [5, 5.41) is 20.2. The molecule has 1 aromatic carbocycles. The maximum absolute atomic E-state index is 11.5. The van der Waals surface area contributed by atoms with Gasteiger partial charge in [0.15, 0.2) is 15.7 Å². The van der Waals surface area contributed by atoms with Crippen molar-refractivity contribution in [1.82, 2.24) is 30.4 Å². The minimum absolute atomic E-state index is 0.0590. The fraction of sp³-hybridized carbons (Fsp3) is 0.400. The van der Waals surface area contributed by atoms with Gasteiger partial charge in [-0.2, -0.15) is 4.68 Å². The summed E-state index contributed by atoms with van der Waals surface area (Å²) in [4.78, 5) is 0. The minimum Gasteiger partial charge on any atom is -0.416 e. The predicted molar refractivity (Wildman–Crippen MR) is 93.5 cm³/mol. The molecule has 0 aliphatic carbocycles. The lowest BCUT2D eigenvalue weighted by atomic mass is 10.1. The Morgan fingerprint density at radius 3 is 2.81 bits per heavy atom. The topological polar surface area (TPSA) is 117 Å². The van der Waals surface area contributed by atoms with Crippen molar-refractivity contribution in [2.45, 2.75) is 23.8 Å². The maximum atomic E-state index is 11.5. The van der Waals surface area contributed by atoms with Crippen molar-refractivity contribution in [3.63, 3.8) is 0 Å². The monoisotopic (exact) mass is 392 g/mol. The number of aromatic nitrogens is 6. The van der Waals surface area contributed by atoms with Gasteiger partial charge in [0.2, 0.25) is 5.89 Å². The highest BCUT2D eigenvalue weighted by atomic mass is 32.2. The van der Waals surface area contributed by atoms with E-state index in [0.29, 0.717) is 35.5 Å². The summed E-state index contributed by atoms with van der Waals surface area (Å²) in [7, 11) is -2.90. The highest BCUT2D eigenvalue weighted by Crippen LogP contribution is 2.25. The highest BCUT2D eigenvalue weighted by Gasteiger charge is 2.29. The summed E-state index contributed by atoms with van der Waals surface area (Å²) < 4.78 is 30.3. The number of nitrogens with zero attached hydrogens (tertiary/aromatic N) is 6. The van der Waals surface area contributed by atoms with Crippen molar-refractivity contribution >= 4 is 21.6 Å². The highest BCUT2D eigenvalue weighted by molar-refractivity contribution is 7.98. The molecule has 0 N–H and O–H groups in total. The van der Waals surface area contributed by atoms with Crippen LogP contribution in [0.15, 0.2) is 40.0 Å². The molecule has 0 bridgehead atoms. The first-order chi connectivity index (χ1) is 12.6. The number of thioether (sulfide) groups is 1. The molecule has 4 rings (SSSR count). The smallest absolute Gasteiger partial charge is 0.277 e. The third kappa shape index (κ3) is 3.93. The molecular formula is C15H16N6O3S2. The van der Waals surface area contributed by atoms with Gasteiger partial charge >= 0.3 is 0 Å². The summed E-state index contributed by atoms with van der Waals surface area (Å²) >= 11 is 1.34. The zero-order valence-corrected chi connectivity index (χ0v) is 15.4. The van der Waals surface area contributed by atoms with Gasteiger partial charge in [-0.3, -0.25) is 0 Å². The number of sulfone groups is 1. The lowest BCUT2D eigenvalue weighted by molar-refractivity contribution is 0.389. The molecule has 0 amide bonds. The van der Waals surface area contributed by atoms with Crippen molar-refractivity contribution < 1.29 is 12.8 Å². The molecule has 1 aliphatic heterocycles. The van der Waals surface area contributed by atoms with E-state index in [9.17, 15) is 8.42 Å². The van der Waals surface area contributed by atoms with Gasteiger partial charge in [0.25, 0.3) is 5.22 Å². The van der Waals surface area contributed by atoms with Gasteiger partial charge in [0.1, 0.15) is 0 Å². The summed E-state index contributed by atoms with van der Waals surface area (Å²) in [6.07, 6.45) is 1.15. The first-order valence-electron chi connectivity index (χ1n) is 8.07. The Hall–Kier alpha value is -2.27. The van der Waals surface area contributed by atoms with Crippen LogP contribution in [0.2, 0.25) is 0 Å². The van der Waals surface area contributed by atoms with Crippen LogP contribution in [0.4, 0.5) is 0 Å². The van der Waals surface area contributed by atoms with E-state index >= 15 is 0 Å². The Morgan fingerprint density at radius 2 is 2.04 bits per heavy atom. The van der Waals surface area contributed by atoms with E-state index in [1.807, 2.05) is 30.3 Å². The molecule has 0 saturated carbocycles. The van der Waals surface area contributed by atoms with E-state index in [4.69, 9.17) is 4.42 Å². The molecule has 1 atom stereocenters. The first-order valence-corrected chi connectivity index (χ1v) is 10.9. The quantitative estimate of drug-likeness (QED) is 0.572. The van der Waals surface area contributed by atoms with Crippen LogP contribution < -0.4 is 0 Å². The van der Waals surface area contributed by atoms with E-state index in [1.165, 1.54) is 11.8 Å². The van der Waals surface area contributed by atoms with Crippen LogP contribution >= 0.6 is 11.8 Å². The van der Waals surface area contributed by atoms with Gasteiger partial charge < -0.3 is 4.42 Å². The number of para-hydroxylation sites is 1. The van der Waals surface area contributed by atoms with Crippen molar-refractivity contribution in [3.05, 3.63) is 42.0 Å². The van der Waals surface area contributed by atoms with E-state index in [0.717, 1.165) is 5.69 Å². The number of tetrazole rings is 1. The van der Waals surface area contributed by atoms with Gasteiger partial charge in [-0.05, 0) is 34.9 Å². The van der Waals surface area contributed by atoms with Crippen molar-refractivity contribution in [2.75, 3.05) is 11.5 Å². The van der Waals surface area contributed by atoms with Gasteiger partial charge in [-0.15, -0.1) is 15.3 Å². The van der Waals surface area contributed by atoms with Crippen LogP contribution in [0.25, 0.3) is 5.69 Å². The average Bonchev–Trinajstić information content (AvgIpc) is 3.34. The third-order valence-electron chi connectivity index (χ3n) is 4.10. The van der Waals surface area contributed by atoms with Crippen LogP contribution in [-0.4, -0.2) is 50.3 Å². The Balaban J connectivity index is 1.38. The van der Waals surface area contributed by atoms with Gasteiger partial charge in [0, 0.05) is 6.42 Å². The van der Waals surface area contributed by atoms with Crippen molar-refractivity contribution in [3.8, 4) is 5.69 Å². The molecule has 3 aromatic rings. The third-order valence-corrected chi connectivity index (χ3v) is 6.75. The molecule has 1 saturated heterocycles. The molecule has 11 heteroatoms. The van der Waals surface area contributed by atoms with Crippen LogP contribution in [0.1, 0.15) is 18.1 Å². The number of hydrogen-bond donors (Lipinski definition) is 0. The van der Waals surface area contributed by atoms with Crippen LogP contribution in [0, 0.1) is 5.92 Å². The molecule has 0 spiro atoms. The standard InChI is InChI=1S/C15H16N6O3S2/c22-26(23)7-6-11(10-26)8-14-17-18-15(24-14)25-9-13-16-19-20-21(13)12-4-2-1-3-5-12/h1-5,11H,6-10H2/t11-/m1/s1. The zero-order valence-electron chi connectivity index (χ0n) is 13.7. The van der Waals surface area contributed by atoms with E-state index < -0.39 is 9.84 Å². The summed E-state index contributed by atoms with van der Waals surface area (Å²) in [5.41, 5.74) is 0.877. The largest absolute Gasteiger partial charge is 0.416 e. The molecule has 0 unspecified atom stereocenters. The fourth-order valence-corrected chi connectivity index (χ4v) is 5.40. The number of rotatable bonds is 6. The Labute approximate surface area is 154 Å². The lowest BCUT2D eigenvalue weighted by Gasteiger charge is -2.03. The Morgan fingerprint density at radius 1 is 1.19 bits per heavy atom. The van der Waals surface area contributed by atoms with Crippen molar-refractivity contribution in [1.29, 1.82) is 0 Å². The number of benzene rings is 1. The lowest BCUT2D eigenvalue weighted by Crippen LogP contribution is -2.07. The molecule has 26 heavy (non-hydrogen) atoms. The molecule has 1 fully saturated rings. The second-order valence-corrected chi connectivity index (χ2v) is 9.22. The molecule has 0 radical (unpaired) electrons. The number of hydrogen-bond acceptors (Lipinski definition) is 9. The Kier molecular flexibility index (Phi) is 4.72. The molecule has 136 valence electrons. The molecule has 1 aliphatic rings. The average molecular weight is 392 g/mol. The van der Waals surface area contributed by atoms with E-state index in [-0.39, 0.29) is 17.4 Å².